The molecule has 0 N–H and O–H groups in total. The van der Waals surface area contributed by atoms with Crippen molar-refractivity contribution in [2.24, 2.45) is 5.11 Å². The summed E-state index contributed by atoms with van der Waals surface area (Å²) in [6.07, 6.45) is -3.53. The minimum atomic E-state index is -0.998. The molecule has 2 aliphatic rings. The molecule has 0 bridgehead atoms. The van der Waals surface area contributed by atoms with Crippen molar-refractivity contribution in [3.8, 4) is 0 Å². The maximum Gasteiger partial charge on any atom is 0.338 e. The number of esters is 2. The van der Waals surface area contributed by atoms with Gasteiger partial charge in [0.2, 0.25) is 0 Å². The first-order chi connectivity index (χ1) is 15.7. The van der Waals surface area contributed by atoms with Crippen molar-refractivity contribution in [3.05, 3.63) is 82.2 Å². The molecule has 10 heteroatoms. The van der Waals surface area contributed by atoms with E-state index >= 15 is 0 Å². The molecular formula is C22H21N3O7. The van der Waals surface area contributed by atoms with Crippen LogP contribution in [0, 0.1) is 0 Å². The second-order valence-electron chi connectivity index (χ2n) is 7.15. The highest BCUT2D eigenvalue weighted by Crippen LogP contribution is 2.32. The number of azide groups is 1. The number of carbonyl (C=O) groups excluding carboxylic acids is 2. The molecule has 4 atom stereocenters. The van der Waals surface area contributed by atoms with Crippen molar-refractivity contribution < 1.29 is 33.3 Å². The van der Waals surface area contributed by atoms with E-state index in [4.69, 9.17) is 29.2 Å². The Kier molecular flexibility index (Phi) is 6.98. The van der Waals surface area contributed by atoms with Gasteiger partial charge in [0.15, 0.2) is 6.29 Å². The third kappa shape index (κ3) is 4.90. The summed E-state index contributed by atoms with van der Waals surface area (Å²) in [7, 11) is 0. The van der Waals surface area contributed by atoms with Gasteiger partial charge in [0.25, 0.3) is 0 Å². The Morgan fingerprint density at radius 3 is 2.16 bits per heavy atom. The number of ether oxygens (including phenoxy) is 5. The van der Waals surface area contributed by atoms with Gasteiger partial charge in [-0.2, -0.15) is 0 Å². The zero-order chi connectivity index (χ0) is 22.3. The zero-order valence-electron chi connectivity index (χ0n) is 17.0. The van der Waals surface area contributed by atoms with Gasteiger partial charge < -0.3 is 23.7 Å². The Bertz CT molecular complexity index is 976. The van der Waals surface area contributed by atoms with Gasteiger partial charge in [-0.05, 0) is 29.8 Å². The van der Waals surface area contributed by atoms with Crippen LogP contribution in [0.15, 0.2) is 65.8 Å². The van der Waals surface area contributed by atoms with Gasteiger partial charge in [-0.1, -0.05) is 41.5 Å². The van der Waals surface area contributed by atoms with E-state index in [0.29, 0.717) is 24.3 Å². The molecule has 2 heterocycles. The normalized spacial score (nSPS) is 25.1. The summed E-state index contributed by atoms with van der Waals surface area (Å²) in [6, 6.07) is 15.9. The average Bonchev–Trinajstić information content (AvgIpc) is 3.48. The summed E-state index contributed by atoms with van der Waals surface area (Å²) in [5.74, 6) is -1.16. The predicted molar refractivity (Wildman–Crippen MR) is 110 cm³/mol. The SMILES string of the molecule is [N-]=[N+]=N[C@@H]1[C@@H](OC(=O)c2ccccc2)[C@H](C2OCCO2)O[C@@H]1COC(=O)c1ccccc1. The standard InChI is InChI=1S/C22H21N3O7/c23-25-24-17-16(13-30-20(26)14-7-3-1-4-8-14)31-19(22-28-11-12-29-22)18(17)32-21(27)15-9-5-2-6-10-15/h1-10,16-19,22H,11-13H2/t16-,17+,18-,19-/m1/s1. The molecule has 2 fully saturated rings. The summed E-state index contributed by atoms with van der Waals surface area (Å²) < 4.78 is 28.1. The predicted octanol–water partition coefficient (Wildman–Crippen LogP) is 2.89. The quantitative estimate of drug-likeness (QED) is 0.281. The minimum absolute atomic E-state index is 0.208. The first-order valence-corrected chi connectivity index (χ1v) is 10.1. The second kappa shape index (κ2) is 10.3. The van der Waals surface area contributed by atoms with Crippen molar-refractivity contribution in [2.45, 2.75) is 30.6 Å². The van der Waals surface area contributed by atoms with E-state index in [-0.39, 0.29) is 6.61 Å². The number of benzene rings is 2. The van der Waals surface area contributed by atoms with E-state index in [2.05, 4.69) is 10.0 Å². The van der Waals surface area contributed by atoms with Crippen molar-refractivity contribution >= 4 is 11.9 Å². The summed E-state index contributed by atoms with van der Waals surface area (Å²) in [6.45, 7) is 0.494. The fraction of sp³-hybridized carbons (Fsp3) is 0.364. The molecule has 0 amide bonds. The highest BCUT2D eigenvalue weighted by Gasteiger charge is 2.52. The molecule has 10 nitrogen and oxygen atoms in total. The van der Waals surface area contributed by atoms with Crippen LogP contribution in [0.25, 0.3) is 10.4 Å². The molecule has 0 aromatic heterocycles. The first kappa shape index (κ1) is 21.8. The van der Waals surface area contributed by atoms with Gasteiger partial charge in [0.05, 0.1) is 24.3 Å². The number of nitrogens with zero attached hydrogens (tertiary/aromatic N) is 3. The van der Waals surface area contributed by atoms with E-state index in [1.54, 1.807) is 60.7 Å². The van der Waals surface area contributed by atoms with E-state index in [0.717, 1.165) is 0 Å². The van der Waals surface area contributed by atoms with Crippen LogP contribution in [0.3, 0.4) is 0 Å². The van der Waals surface area contributed by atoms with E-state index in [9.17, 15) is 9.59 Å². The largest absolute Gasteiger partial charge is 0.459 e. The van der Waals surface area contributed by atoms with Gasteiger partial charge >= 0.3 is 11.9 Å². The Morgan fingerprint density at radius 2 is 1.56 bits per heavy atom. The monoisotopic (exact) mass is 439 g/mol. The van der Waals surface area contributed by atoms with Gasteiger partial charge in [0.1, 0.15) is 31.0 Å². The van der Waals surface area contributed by atoms with Crippen LogP contribution < -0.4 is 0 Å². The Morgan fingerprint density at radius 1 is 0.969 bits per heavy atom. The lowest BCUT2D eigenvalue weighted by atomic mass is 10.0. The summed E-state index contributed by atoms with van der Waals surface area (Å²) in [4.78, 5) is 27.9. The van der Waals surface area contributed by atoms with Crippen LogP contribution in [-0.4, -0.2) is 62.4 Å². The molecule has 0 radical (unpaired) electrons. The van der Waals surface area contributed by atoms with Gasteiger partial charge in [0, 0.05) is 4.91 Å². The summed E-state index contributed by atoms with van der Waals surface area (Å²) in [5, 5.41) is 3.78. The zero-order valence-corrected chi connectivity index (χ0v) is 17.0. The van der Waals surface area contributed by atoms with Crippen molar-refractivity contribution in [1.29, 1.82) is 0 Å². The van der Waals surface area contributed by atoms with Crippen LogP contribution >= 0.6 is 0 Å². The lowest BCUT2D eigenvalue weighted by Crippen LogP contribution is -2.42. The van der Waals surface area contributed by atoms with E-state index in [1.165, 1.54) is 0 Å². The number of hydrogen-bond acceptors (Lipinski definition) is 8. The van der Waals surface area contributed by atoms with Crippen LogP contribution in [0.4, 0.5) is 0 Å². The van der Waals surface area contributed by atoms with Crippen molar-refractivity contribution in [1.82, 2.24) is 0 Å². The molecule has 2 saturated heterocycles. The number of carbonyl (C=O) groups is 2. The fourth-order valence-corrected chi connectivity index (χ4v) is 3.61. The second-order valence-corrected chi connectivity index (χ2v) is 7.15. The van der Waals surface area contributed by atoms with Crippen LogP contribution in [0.5, 0.6) is 0 Å². The Labute approximate surface area is 183 Å². The van der Waals surface area contributed by atoms with Crippen molar-refractivity contribution in [2.75, 3.05) is 19.8 Å². The van der Waals surface area contributed by atoms with Crippen LogP contribution in [0.2, 0.25) is 0 Å². The number of rotatable bonds is 7. The molecule has 2 aliphatic heterocycles. The summed E-state index contributed by atoms with van der Waals surface area (Å²) >= 11 is 0. The maximum atomic E-state index is 12.7. The molecule has 2 aromatic carbocycles. The lowest BCUT2D eigenvalue weighted by molar-refractivity contribution is -0.161. The summed E-state index contributed by atoms with van der Waals surface area (Å²) in [5.41, 5.74) is 9.82. The lowest BCUT2D eigenvalue weighted by Gasteiger charge is -2.24. The highest BCUT2D eigenvalue weighted by atomic mass is 16.7. The topological polar surface area (TPSA) is 129 Å². The average molecular weight is 439 g/mol. The molecule has 32 heavy (non-hydrogen) atoms. The third-order valence-corrected chi connectivity index (χ3v) is 5.11. The van der Waals surface area contributed by atoms with Crippen LogP contribution in [0.1, 0.15) is 20.7 Å². The first-order valence-electron chi connectivity index (χ1n) is 10.1. The molecular weight excluding hydrogens is 418 g/mol. The Hall–Kier alpha value is -3.43. The fourth-order valence-electron chi connectivity index (χ4n) is 3.61. The smallest absolute Gasteiger partial charge is 0.338 e. The molecule has 4 rings (SSSR count). The van der Waals surface area contributed by atoms with Gasteiger partial charge in [-0.15, -0.1) is 0 Å². The maximum absolute atomic E-state index is 12.7. The van der Waals surface area contributed by atoms with Gasteiger partial charge in [-0.25, -0.2) is 9.59 Å². The van der Waals surface area contributed by atoms with Crippen molar-refractivity contribution in [3.63, 3.8) is 0 Å². The Balaban J connectivity index is 1.52. The minimum Gasteiger partial charge on any atom is -0.459 e. The molecule has 0 saturated carbocycles. The molecule has 2 aromatic rings. The molecule has 0 unspecified atom stereocenters. The molecule has 166 valence electrons. The van der Waals surface area contributed by atoms with Crippen LogP contribution in [-0.2, 0) is 23.7 Å². The van der Waals surface area contributed by atoms with E-state index < -0.39 is 42.6 Å². The van der Waals surface area contributed by atoms with E-state index in [1.807, 2.05) is 0 Å². The number of hydrogen-bond donors (Lipinski definition) is 0. The van der Waals surface area contributed by atoms with Gasteiger partial charge in [-0.3, -0.25) is 0 Å². The third-order valence-electron chi connectivity index (χ3n) is 5.11. The molecule has 0 spiro atoms. The highest BCUT2D eigenvalue weighted by molar-refractivity contribution is 5.90. The molecule has 0 aliphatic carbocycles.